The fraction of sp³-hybridized carbons (Fsp3) is 0. The first-order valence-corrected chi connectivity index (χ1v) is 10.2. The largest absolute Gasteiger partial charge is 0.460 e. The molecule has 6 nitrogen and oxygen atoms in total. The number of carbonyl (C=O) groups is 1. The van der Waals surface area contributed by atoms with E-state index in [1.54, 1.807) is 36.5 Å². The summed E-state index contributed by atoms with van der Waals surface area (Å²) in [5.74, 6) is 0.284. The summed E-state index contributed by atoms with van der Waals surface area (Å²) in [5, 5.41) is 0.314. The van der Waals surface area contributed by atoms with Gasteiger partial charge in [-0.25, -0.2) is 4.79 Å². The third-order valence-corrected chi connectivity index (χ3v) is 5.01. The van der Waals surface area contributed by atoms with Gasteiger partial charge in [-0.15, -0.1) is 0 Å². The number of nitrogens with zero attached hydrogens (tertiary/aromatic N) is 1. The Hall–Kier alpha value is -4.71. The molecule has 0 N–H and O–H groups in total. The Morgan fingerprint density at radius 1 is 0.818 bits per heavy atom. The Labute approximate surface area is 188 Å². The highest BCUT2D eigenvalue weighted by Gasteiger charge is 2.13. The average molecular weight is 435 g/mol. The van der Waals surface area contributed by atoms with Crippen molar-refractivity contribution in [2.45, 2.75) is 0 Å². The third kappa shape index (κ3) is 4.36. The molecule has 5 aromatic rings. The molecular formula is C27H17NO5. The molecule has 0 atom stereocenters. The molecule has 6 heteroatoms. The van der Waals surface area contributed by atoms with E-state index in [1.807, 2.05) is 42.5 Å². The van der Waals surface area contributed by atoms with Crippen molar-refractivity contribution < 1.29 is 18.7 Å². The van der Waals surface area contributed by atoms with Crippen molar-refractivity contribution >= 4 is 16.9 Å². The molecular weight excluding hydrogens is 418 g/mol. The normalized spacial score (nSPS) is 10.7. The van der Waals surface area contributed by atoms with Crippen molar-refractivity contribution in [3.8, 4) is 28.4 Å². The van der Waals surface area contributed by atoms with Crippen LogP contribution in [0.1, 0.15) is 10.4 Å². The van der Waals surface area contributed by atoms with Gasteiger partial charge in [0.25, 0.3) is 0 Å². The molecule has 3 aromatic carbocycles. The number of hydrogen-bond acceptors (Lipinski definition) is 6. The highest BCUT2D eigenvalue weighted by Crippen LogP contribution is 2.27. The molecule has 0 unspecified atom stereocenters. The van der Waals surface area contributed by atoms with Gasteiger partial charge in [0, 0.05) is 18.5 Å². The standard InChI is InChI=1S/C27H17NO5/c29-26-23-13-12-22(33-27(30)20-7-4-14-28-16-20)15-24(23)31-17-25(26)32-21-10-8-19(9-11-21)18-5-2-1-3-6-18/h1-17H. The highest BCUT2D eigenvalue weighted by molar-refractivity contribution is 5.91. The number of esters is 1. The number of hydrogen-bond donors (Lipinski definition) is 0. The quantitative estimate of drug-likeness (QED) is 0.254. The number of benzene rings is 3. The fourth-order valence-electron chi connectivity index (χ4n) is 3.35. The van der Waals surface area contributed by atoms with Gasteiger partial charge in [-0.1, -0.05) is 42.5 Å². The molecule has 0 amide bonds. The molecule has 33 heavy (non-hydrogen) atoms. The van der Waals surface area contributed by atoms with E-state index in [0.29, 0.717) is 16.7 Å². The molecule has 0 saturated carbocycles. The molecule has 0 aliphatic rings. The zero-order valence-corrected chi connectivity index (χ0v) is 17.3. The Bertz CT molecular complexity index is 1480. The SMILES string of the molecule is O=C(Oc1ccc2c(=O)c(Oc3ccc(-c4ccccc4)cc3)coc2c1)c1cccnc1. The number of rotatable bonds is 5. The molecule has 0 aliphatic heterocycles. The number of carbonyl (C=O) groups excluding carboxylic acids is 1. The first-order valence-electron chi connectivity index (χ1n) is 10.2. The maximum absolute atomic E-state index is 12.9. The lowest BCUT2D eigenvalue weighted by molar-refractivity contribution is 0.0734. The van der Waals surface area contributed by atoms with Gasteiger partial charge in [-0.2, -0.15) is 0 Å². The van der Waals surface area contributed by atoms with Crippen LogP contribution in [0.3, 0.4) is 0 Å². The molecule has 0 bridgehead atoms. The van der Waals surface area contributed by atoms with Crippen LogP contribution >= 0.6 is 0 Å². The van der Waals surface area contributed by atoms with Gasteiger partial charge in [0.2, 0.25) is 11.2 Å². The molecule has 0 saturated heterocycles. The van der Waals surface area contributed by atoms with Gasteiger partial charge in [-0.05, 0) is 47.5 Å². The van der Waals surface area contributed by atoms with Gasteiger partial charge >= 0.3 is 5.97 Å². The monoisotopic (exact) mass is 435 g/mol. The number of ether oxygens (including phenoxy) is 2. The van der Waals surface area contributed by atoms with Crippen LogP contribution in [0.25, 0.3) is 22.1 Å². The van der Waals surface area contributed by atoms with Crippen LogP contribution in [0.5, 0.6) is 17.2 Å². The summed E-state index contributed by atoms with van der Waals surface area (Å²) in [4.78, 5) is 29.0. The molecule has 2 heterocycles. The van der Waals surface area contributed by atoms with E-state index in [4.69, 9.17) is 13.9 Å². The first kappa shape index (κ1) is 20.2. The van der Waals surface area contributed by atoms with Crippen LogP contribution < -0.4 is 14.9 Å². The van der Waals surface area contributed by atoms with Crippen LogP contribution in [-0.2, 0) is 0 Å². The minimum Gasteiger partial charge on any atom is -0.460 e. The van der Waals surface area contributed by atoms with E-state index in [2.05, 4.69) is 4.98 Å². The van der Waals surface area contributed by atoms with Crippen molar-refractivity contribution in [1.82, 2.24) is 4.98 Å². The number of fused-ring (bicyclic) bond motifs is 1. The molecule has 5 rings (SSSR count). The molecule has 0 radical (unpaired) electrons. The van der Waals surface area contributed by atoms with Crippen LogP contribution in [0, 0.1) is 0 Å². The summed E-state index contributed by atoms with van der Waals surface area (Å²) in [6.45, 7) is 0. The van der Waals surface area contributed by atoms with Crippen LogP contribution in [0.15, 0.2) is 113 Å². The third-order valence-electron chi connectivity index (χ3n) is 5.01. The summed E-state index contributed by atoms with van der Waals surface area (Å²) >= 11 is 0. The van der Waals surface area contributed by atoms with Crippen LogP contribution in [-0.4, -0.2) is 11.0 Å². The topological polar surface area (TPSA) is 78.6 Å². The minimum absolute atomic E-state index is 0.0649. The maximum atomic E-state index is 12.9. The van der Waals surface area contributed by atoms with Crippen molar-refractivity contribution in [2.24, 2.45) is 0 Å². The molecule has 0 fully saturated rings. The minimum atomic E-state index is -0.552. The fourth-order valence-corrected chi connectivity index (χ4v) is 3.35. The lowest BCUT2D eigenvalue weighted by Crippen LogP contribution is -2.09. The predicted molar refractivity (Wildman–Crippen MR) is 124 cm³/mol. The first-order chi connectivity index (χ1) is 16.2. The Morgan fingerprint density at radius 2 is 1.58 bits per heavy atom. The summed E-state index contributed by atoms with van der Waals surface area (Å²) in [7, 11) is 0. The van der Waals surface area contributed by atoms with Gasteiger partial charge < -0.3 is 13.9 Å². The summed E-state index contributed by atoms with van der Waals surface area (Å²) < 4.78 is 16.7. The summed E-state index contributed by atoms with van der Waals surface area (Å²) in [5.41, 5.74) is 2.41. The second kappa shape index (κ2) is 8.80. The maximum Gasteiger partial charge on any atom is 0.345 e. The van der Waals surface area contributed by atoms with E-state index >= 15 is 0 Å². The van der Waals surface area contributed by atoms with E-state index in [9.17, 15) is 9.59 Å². The molecule has 160 valence electrons. The Kier molecular flexibility index (Phi) is 5.39. The lowest BCUT2D eigenvalue weighted by Gasteiger charge is -2.08. The Morgan fingerprint density at radius 3 is 2.33 bits per heavy atom. The lowest BCUT2D eigenvalue weighted by atomic mass is 10.1. The summed E-state index contributed by atoms with van der Waals surface area (Å²) in [6.07, 6.45) is 4.24. The Balaban J connectivity index is 1.36. The van der Waals surface area contributed by atoms with Crippen molar-refractivity contribution in [3.05, 3.63) is 119 Å². The zero-order valence-electron chi connectivity index (χ0n) is 17.3. The predicted octanol–water partition coefficient (Wildman–Crippen LogP) is 5.87. The van der Waals surface area contributed by atoms with Crippen LogP contribution in [0.2, 0.25) is 0 Å². The van der Waals surface area contributed by atoms with Crippen molar-refractivity contribution in [1.29, 1.82) is 0 Å². The second-order valence-corrected chi connectivity index (χ2v) is 7.21. The van der Waals surface area contributed by atoms with Crippen molar-refractivity contribution in [3.63, 3.8) is 0 Å². The van der Waals surface area contributed by atoms with Gasteiger partial charge in [0.1, 0.15) is 23.3 Å². The molecule has 0 aliphatic carbocycles. The zero-order chi connectivity index (χ0) is 22.6. The van der Waals surface area contributed by atoms with E-state index in [1.165, 1.54) is 24.6 Å². The highest BCUT2D eigenvalue weighted by atomic mass is 16.5. The smallest absolute Gasteiger partial charge is 0.345 e. The molecule has 2 aromatic heterocycles. The number of aromatic nitrogens is 1. The van der Waals surface area contributed by atoms with E-state index in [0.717, 1.165) is 11.1 Å². The van der Waals surface area contributed by atoms with Crippen LogP contribution in [0.4, 0.5) is 0 Å². The van der Waals surface area contributed by atoms with Crippen molar-refractivity contribution in [2.75, 3.05) is 0 Å². The molecule has 0 spiro atoms. The van der Waals surface area contributed by atoms with Gasteiger partial charge in [0.15, 0.2) is 0 Å². The average Bonchev–Trinajstić information content (AvgIpc) is 2.87. The van der Waals surface area contributed by atoms with E-state index in [-0.39, 0.29) is 22.5 Å². The number of pyridine rings is 1. The van der Waals surface area contributed by atoms with E-state index < -0.39 is 5.97 Å². The van der Waals surface area contributed by atoms with Gasteiger partial charge in [0.05, 0.1) is 10.9 Å². The summed E-state index contributed by atoms with van der Waals surface area (Å²) in [6, 6.07) is 25.2. The second-order valence-electron chi connectivity index (χ2n) is 7.21. The van der Waals surface area contributed by atoms with Gasteiger partial charge in [-0.3, -0.25) is 9.78 Å².